The molecule has 2 fully saturated rings. The van der Waals surface area contributed by atoms with Crippen LogP contribution in [0.3, 0.4) is 0 Å². The average Bonchev–Trinajstić information content (AvgIpc) is 2.49. The third-order valence-corrected chi connectivity index (χ3v) is 4.52. The van der Waals surface area contributed by atoms with E-state index in [1.807, 2.05) is 0 Å². The number of nitrogens with zero attached hydrogens (tertiary/aromatic N) is 1. The third kappa shape index (κ3) is 1.70. The largest absolute Gasteiger partial charge is 0.314 e. The van der Waals surface area contributed by atoms with Crippen LogP contribution in [0.2, 0.25) is 0 Å². The van der Waals surface area contributed by atoms with Gasteiger partial charge in [0.05, 0.1) is 0 Å². The molecule has 0 aromatic heterocycles. The molecule has 0 bridgehead atoms. The maximum Gasteiger partial charge on any atom is 0.00966 e. The predicted molar refractivity (Wildman–Crippen MR) is 60.5 cm³/mol. The Morgan fingerprint density at radius 2 is 1.86 bits per heavy atom. The van der Waals surface area contributed by atoms with Crippen molar-refractivity contribution in [3.05, 3.63) is 0 Å². The number of hydrogen-bond donors (Lipinski definition) is 1. The molecule has 0 saturated carbocycles. The predicted octanol–water partition coefficient (Wildman–Crippen LogP) is 1.86. The number of hydrogen-bond acceptors (Lipinski definition) is 2. The number of nitrogens with one attached hydrogen (secondary N) is 1. The van der Waals surface area contributed by atoms with Crippen LogP contribution in [0.4, 0.5) is 0 Å². The summed E-state index contributed by atoms with van der Waals surface area (Å²) >= 11 is 0. The summed E-state index contributed by atoms with van der Waals surface area (Å²) in [6.07, 6.45) is 4.21. The Balaban J connectivity index is 1.94. The van der Waals surface area contributed by atoms with Crippen LogP contribution in [0, 0.1) is 5.41 Å². The van der Waals surface area contributed by atoms with Gasteiger partial charge < -0.3 is 10.2 Å². The van der Waals surface area contributed by atoms with E-state index < -0.39 is 0 Å². The Morgan fingerprint density at radius 1 is 1.21 bits per heavy atom. The van der Waals surface area contributed by atoms with Crippen LogP contribution in [-0.4, -0.2) is 36.6 Å². The van der Waals surface area contributed by atoms with Crippen molar-refractivity contribution in [3.8, 4) is 0 Å². The lowest BCUT2D eigenvalue weighted by molar-refractivity contribution is 0.0766. The fourth-order valence-corrected chi connectivity index (χ4v) is 3.14. The first-order valence-corrected chi connectivity index (χ1v) is 6.11. The zero-order chi connectivity index (χ0) is 10.2. The molecule has 2 aliphatic rings. The summed E-state index contributed by atoms with van der Waals surface area (Å²) in [5.74, 6) is 0. The standard InChI is InChI=1S/C12H24N2/c1-10(2)14-8-5-12(6-9-14)4-7-13-11(12)3/h10-11,13H,4-9H2,1-3H3. The van der Waals surface area contributed by atoms with E-state index in [4.69, 9.17) is 0 Å². The lowest BCUT2D eigenvalue weighted by atomic mass is 9.73. The highest BCUT2D eigenvalue weighted by Gasteiger charge is 2.42. The molecular weight excluding hydrogens is 172 g/mol. The average molecular weight is 196 g/mol. The van der Waals surface area contributed by atoms with Crippen molar-refractivity contribution in [2.75, 3.05) is 19.6 Å². The molecule has 2 heteroatoms. The zero-order valence-corrected chi connectivity index (χ0v) is 9.84. The van der Waals surface area contributed by atoms with Gasteiger partial charge in [-0.25, -0.2) is 0 Å². The van der Waals surface area contributed by atoms with Crippen molar-refractivity contribution in [1.29, 1.82) is 0 Å². The van der Waals surface area contributed by atoms with Crippen molar-refractivity contribution in [2.24, 2.45) is 5.41 Å². The first-order chi connectivity index (χ1) is 6.64. The molecule has 0 aromatic rings. The first kappa shape index (κ1) is 10.4. The second-order valence-electron chi connectivity index (χ2n) is 5.42. The van der Waals surface area contributed by atoms with Crippen LogP contribution in [0.5, 0.6) is 0 Å². The fourth-order valence-electron chi connectivity index (χ4n) is 3.14. The quantitative estimate of drug-likeness (QED) is 0.688. The molecule has 14 heavy (non-hydrogen) atoms. The van der Waals surface area contributed by atoms with E-state index in [1.54, 1.807) is 0 Å². The molecule has 0 aromatic carbocycles. The van der Waals surface area contributed by atoms with Gasteiger partial charge in [-0.15, -0.1) is 0 Å². The van der Waals surface area contributed by atoms with Gasteiger partial charge in [0, 0.05) is 12.1 Å². The normalized spacial score (nSPS) is 33.0. The fraction of sp³-hybridized carbons (Fsp3) is 1.00. The van der Waals surface area contributed by atoms with Gasteiger partial charge in [0.1, 0.15) is 0 Å². The van der Waals surface area contributed by atoms with E-state index in [2.05, 4.69) is 31.0 Å². The minimum Gasteiger partial charge on any atom is -0.314 e. The minimum absolute atomic E-state index is 0.644. The lowest BCUT2D eigenvalue weighted by Gasteiger charge is -2.43. The SMILES string of the molecule is CC(C)N1CCC2(CCNC2C)CC1. The molecule has 82 valence electrons. The van der Waals surface area contributed by atoms with Gasteiger partial charge in [-0.2, -0.15) is 0 Å². The molecule has 1 N–H and O–H groups in total. The van der Waals surface area contributed by atoms with E-state index in [0.29, 0.717) is 5.41 Å². The smallest absolute Gasteiger partial charge is 0.00966 e. The van der Waals surface area contributed by atoms with Crippen LogP contribution in [-0.2, 0) is 0 Å². The highest BCUT2D eigenvalue weighted by molar-refractivity contribution is 4.98. The van der Waals surface area contributed by atoms with Gasteiger partial charge in [-0.3, -0.25) is 0 Å². The van der Waals surface area contributed by atoms with Crippen LogP contribution < -0.4 is 5.32 Å². The van der Waals surface area contributed by atoms with Crippen LogP contribution in [0.1, 0.15) is 40.0 Å². The molecule has 1 atom stereocenters. The zero-order valence-electron chi connectivity index (χ0n) is 9.84. The monoisotopic (exact) mass is 196 g/mol. The Hall–Kier alpha value is -0.0800. The number of rotatable bonds is 1. The van der Waals surface area contributed by atoms with Crippen LogP contribution in [0.15, 0.2) is 0 Å². The van der Waals surface area contributed by atoms with E-state index >= 15 is 0 Å². The summed E-state index contributed by atoms with van der Waals surface area (Å²) in [4.78, 5) is 2.62. The molecule has 1 unspecified atom stereocenters. The van der Waals surface area contributed by atoms with Gasteiger partial charge in [0.25, 0.3) is 0 Å². The van der Waals surface area contributed by atoms with Gasteiger partial charge >= 0.3 is 0 Å². The van der Waals surface area contributed by atoms with Crippen molar-refractivity contribution < 1.29 is 0 Å². The Kier molecular flexibility index (Phi) is 2.85. The van der Waals surface area contributed by atoms with Crippen molar-refractivity contribution in [3.63, 3.8) is 0 Å². The molecule has 0 radical (unpaired) electrons. The van der Waals surface area contributed by atoms with Gasteiger partial charge in [0.2, 0.25) is 0 Å². The molecule has 2 aliphatic heterocycles. The summed E-state index contributed by atoms with van der Waals surface area (Å²) < 4.78 is 0. The van der Waals surface area contributed by atoms with Crippen LogP contribution >= 0.6 is 0 Å². The van der Waals surface area contributed by atoms with E-state index in [-0.39, 0.29) is 0 Å². The highest BCUT2D eigenvalue weighted by atomic mass is 15.2. The van der Waals surface area contributed by atoms with Crippen molar-refractivity contribution >= 4 is 0 Å². The third-order valence-electron chi connectivity index (χ3n) is 4.52. The van der Waals surface area contributed by atoms with E-state index in [9.17, 15) is 0 Å². The van der Waals surface area contributed by atoms with Crippen LogP contribution in [0.25, 0.3) is 0 Å². The molecule has 0 amide bonds. The molecule has 2 heterocycles. The second-order valence-corrected chi connectivity index (χ2v) is 5.42. The minimum atomic E-state index is 0.644. The van der Waals surface area contributed by atoms with Gasteiger partial charge in [-0.05, 0) is 65.1 Å². The Labute approximate surface area is 88.1 Å². The summed E-state index contributed by atoms with van der Waals surface area (Å²) in [6, 6.07) is 1.48. The number of likely N-dealkylation sites (tertiary alicyclic amines) is 1. The summed E-state index contributed by atoms with van der Waals surface area (Å²) in [6.45, 7) is 10.9. The summed E-state index contributed by atoms with van der Waals surface area (Å²) in [7, 11) is 0. The van der Waals surface area contributed by atoms with Gasteiger partial charge in [0.15, 0.2) is 0 Å². The summed E-state index contributed by atoms with van der Waals surface area (Å²) in [5, 5.41) is 3.61. The summed E-state index contributed by atoms with van der Waals surface area (Å²) in [5.41, 5.74) is 0.644. The topological polar surface area (TPSA) is 15.3 Å². The molecule has 1 spiro atoms. The Morgan fingerprint density at radius 3 is 2.29 bits per heavy atom. The molecular formula is C12H24N2. The second kappa shape index (κ2) is 3.82. The maximum atomic E-state index is 3.61. The van der Waals surface area contributed by atoms with Gasteiger partial charge in [-0.1, -0.05) is 0 Å². The lowest BCUT2D eigenvalue weighted by Crippen LogP contribution is -2.47. The highest BCUT2D eigenvalue weighted by Crippen LogP contribution is 2.41. The van der Waals surface area contributed by atoms with Crippen molar-refractivity contribution in [2.45, 2.75) is 52.1 Å². The first-order valence-electron chi connectivity index (χ1n) is 6.11. The molecule has 2 nitrogen and oxygen atoms in total. The molecule has 2 rings (SSSR count). The van der Waals surface area contributed by atoms with E-state index in [0.717, 1.165) is 12.1 Å². The van der Waals surface area contributed by atoms with E-state index in [1.165, 1.54) is 38.9 Å². The Bertz CT molecular complexity index is 192. The number of piperidine rings is 1. The van der Waals surface area contributed by atoms with Crippen molar-refractivity contribution in [1.82, 2.24) is 10.2 Å². The molecule has 2 saturated heterocycles. The maximum absolute atomic E-state index is 3.61. The molecule has 0 aliphatic carbocycles.